The van der Waals surface area contributed by atoms with Crippen LogP contribution in [0.5, 0.6) is 5.75 Å². The van der Waals surface area contributed by atoms with E-state index >= 15 is 0 Å². The van der Waals surface area contributed by atoms with Crippen molar-refractivity contribution in [1.29, 1.82) is 0 Å². The highest BCUT2D eigenvalue weighted by Crippen LogP contribution is 2.47. The summed E-state index contributed by atoms with van der Waals surface area (Å²) in [6, 6.07) is 25.1. The Bertz CT molecular complexity index is 1580. The molecule has 0 saturated carbocycles. The summed E-state index contributed by atoms with van der Waals surface area (Å²) in [5.74, 6) is 1.41. The van der Waals surface area contributed by atoms with Crippen molar-refractivity contribution in [2.75, 3.05) is 25.2 Å². The molecule has 8 heteroatoms. The first-order chi connectivity index (χ1) is 23.7. The van der Waals surface area contributed by atoms with Gasteiger partial charge in [0.15, 0.2) is 0 Å². The zero-order valence-electron chi connectivity index (χ0n) is 29.8. The molecule has 2 amide bonds. The lowest BCUT2D eigenvalue weighted by Crippen LogP contribution is -2.52. The van der Waals surface area contributed by atoms with Crippen LogP contribution in [-0.2, 0) is 33.7 Å². The average molecular weight is 683 g/mol. The van der Waals surface area contributed by atoms with Crippen molar-refractivity contribution in [3.8, 4) is 5.75 Å². The Morgan fingerprint density at radius 2 is 1.65 bits per heavy atom. The van der Waals surface area contributed by atoms with E-state index in [0.717, 1.165) is 55.6 Å². The zero-order chi connectivity index (χ0) is 34.5. The van der Waals surface area contributed by atoms with Gasteiger partial charge in [0.1, 0.15) is 5.75 Å². The number of methoxy groups -OCH3 is 1. The van der Waals surface area contributed by atoms with Crippen molar-refractivity contribution in [3.63, 3.8) is 0 Å². The lowest BCUT2D eigenvalue weighted by molar-refractivity contribution is -0.138. The van der Waals surface area contributed by atoms with Crippen molar-refractivity contribution in [2.24, 2.45) is 5.92 Å². The number of hydrogen-bond acceptors (Lipinski definition) is 5. The molecule has 2 saturated heterocycles. The molecule has 262 valence electrons. The molecular weight excluding hydrogens is 629 g/mol. The van der Waals surface area contributed by atoms with Gasteiger partial charge in [0, 0.05) is 25.2 Å². The van der Waals surface area contributed by atoms with Crippen molar-refractivity contribution >= 4 is 30.8 Å². The number of ether oxygens (including phenoxy) is 2. The molecule has 5 atom stereocenters. The first-order valence-corrected chi connectivity index (χ1v) is 21.4. The van der Waals surface area contributed by atoms with Crippen LogP contribution >= 0.6 is 0 Å². The number of carbonyl (C=O) groups is 2. The van der Waals surface area contributed by atoms with Gasteiger partial charge in [-0.15, -0.1) is 0 Å². The molecule has 0 unspecified atom stereocenters. The van der Waals surface area contributed by atoms with Crippen molar-refractivity contribution in [1.82, 2.24) is 4.90 Å². The van der Waals surface area contributed by atoms with Gasteiger partial charge in [0.2, 0.25) is 11.8 Å². The van der Waals surface area contributed by atoms with Gasteiger partial charge in [-0.1, -0.05) is 86.6 Å². The summed E-state index contributed by atoms with van der Waals surface area (Å²) < 4.78 is 12.4. The first kappa shape index (κ1) is 35.4. The molecule has 3 aromatic carbocycles. The molecule has 0 aromatic heterocycles. The van der Waals surface area contributed by atoms with Crippen molar-refractivity contribution < 1.29 is 24.2 Å². The number of amides is 2. The zero-order valence-corrected chi connectivity index (χ0v) is 30.8. The molecule has 0 aliphatic carbocycles. The SMILES string of the molecule is COc1ccc([Si](C)(C)[C@H]2[C@H](C)[C@H](CCc3ccc(N4CCCCCCC4=O)cc3)O[C@@H]2CC(=O)N2Cc3ccccc3C[C@H]2CO)cc1. The van der Waals surface area contributed by atoms with Crippen LogP contribution in [0.25, 0.3) is 0 Å². The second-order valence-electron chi connectivity index (χ2n) is 15.0. The van der Waals surface area contributed by atoms with Crippen molar-refractivity contribution in [2.45, 2.75) is 108 Å². The minimum absolute atomic E-state index is 0.0270. The second-order valence-corrected chi connectivity index (χ2v) is 19.7. The summed E-state index contributed by atoms with van der Waals surface area (Å²) in [4.78, 5) is 30.8. The number of rotatable bonds is 10. The van der Waals surface area contributed by atoms with Gasteiger partial charge in [-0.2, -0.15) is 0 Å². The van der Waals surface area contributed by atoms with Crippen LogP contribution in [0.15, 0.2) is 72.8 Å². The van der Waals surface area contributed by atoms with Crippen LogP contribution in [0, 0.1) is 5.92 Å². The van der Waals surface area contributed by atoms with E-state index in [2.05, 4.69) is 68.5 Å². The number of hydrogen-bond donors (Lipinski definition) is 1. The maximum absolute atomic E-state index is 14.2. The van der Waals surface area contributed by atoms with Gasteiger partial charge in [-0.3, -0.25) is 9.59 Å². The molecule has 7 nitrogen and oxygen atoms in total. The van der Waals surface area contributed by atoms with Crippen LogP contribution in [-0.4, -0.2) is 68.4 Å². The lowest BCUT2D eigenvalue weighted by Gasteiger charge is -2.39. The largest absolute Gasteiger partial charge is 0.497 e. The molecule has 1 N–H and O–H groups in total. The fourth-order valence-electron chi connectivity index (χ4n) is 8.76. The van der Waals surface area contributed by atoms with Crippen LogP contribution in [0.1, 0.15) is 68.6 Å². The molecule has 3 aliphatic rings. The smallest absolute Gasteiger partial charge is 0.226 e. The topological polar surface area (TPSA) is 79.3 Å². The van der Waals surface area contributed by atoms with Gasteiger partial charge in [-0.25, -0.2) is 0 Å². The normalized spacial score (nSPS) is 24.7. The Kier molecular flexibility index (Phi) is 11.3. The molecular formula is C41H54N2O5Si. The van der Waals surface area contributed by atoms with Gasteiger partial charge >= 0.3 is 0 Å². The number of aliphatic hydroxyl groups is 1. The number of carbonyl (C=O) groups excluding carboxylic acids is 2. The third-order valence-electron chi connectivity index (χ3n) is 11.6. The number of nitrogens with zero attached hydrogens (tertiary/aromatic N) is 2. The predicted octanol–water partition coefficient (Wildman–Crippen LogP) is 6.65. The van der Waals surface area contributed by atoms with Gasteiger partial charge in [0.25, 0.3) is 0 Å². The highest BCUT2D eigenvalue weighted by Gasteiger charge is 2.51. The minimum Gasteiger partial charge on any atom is -0.497 e. The van der Waals surface area contributed by atoms with E-state index in [-0.39, 0.29) is 48.1 Å². The number of fused-ring (bicyclic) bond motifs is 1. The maximum atomic E-state index is 14.2. The van der Waals surface area contributed by atoms with Crippen LogP contribution < -0.4 is 14.8 Å². The molecule has 6 rings (SSSR count). The highest BCUT2D eigenvalue weighted by atomic mass is 28.3. The third-order valence-corrected chi connectivity index (χ3v) is 16.0. The molecule has 2 fully saturated rings. The van der Waals surface area contributed by atoms with Gasteiger partial charge < -0.3 is 24.4 Å². The van der Waals surface area contributed by atoms with Gasteiger partial charge in [0.05, 0.1) is 46.5 Å². The Hall–Kier alpha value is -3.46. The maximum Gasteiger partial charge on any atom is 0.226 e. The van der Waals surface area contributed by atoms with E-state index in [0.29, 0.717) is 25.8 Å². The van der Waals surface area contributed by atoms with E-state index in [1.165, 1.54) is 22.7 Å². The quantitative estimate of drug-likeness (QED) is 0.243. The fourth-order valence-corrected chi connectivity index (χ4v) is 12.8. The Balaban J connectivity index is 1.19. The first-order valence-electron chi connectivity index (χ1n) is 18.4. The van der Waals surface area contributed by atoms with E-state index < -0.39 is 8.07 Å². The number of aryl methyl sites for hydroxylation is 1. The molecule has 3 aromatic rings. The highest BCUT2D eigenvalue weighted by molar-refractivity contribution is 6.91. The summed E-state index contributed by atoms with van der Waals surface area (Å²) in [6.45, 7) is 8.42. The second kappa shape index (κ2) is 15.6. The summed E-state index contributed by atoms with van der Waals surface area (Å²) >= 11 is 0. The predicted molar refractivity (Wildman–Crippen MR) is 198 cm³/mol. The summed E-state index contributed by atoms with van der Waals surface area (Å²) in [6.07, 6.45) is 7.54. The molecule has 0 spiro atoms. The van der Waals surface area contributed by atoms with Crippen molar-refractivity contribution in [3.05, 3.63) is 89.5 Å². The average Bonchev–Trinajstić information content (AvgIpc) is 3.43. The Morgan fingerprint density at radius 3 is 2.37 bits per heavy atom. The van der Waals surface area contributed by atoms with E-state index in [1.807, 2.05) is 34.1 Å². The summed E-state index contributed by atoms with van der Waals surface area (Å²) in [7, 11) is -0.444. The monoisotopic (exact) mass is 682 g/mol. The Morgan fingerprint density at radius 1 is 0.939 bits per heavy atom. The van der Waals surface area contributed by atoms with E-state index in [9.17, 15) is 14.7 Å². The van der Waals surface area contributed by atoms with Gasteiger partial charge in [-0.05, 0) is 84.5 Å². The molecule has 0 bridgehead atoms. The third kappa shape index (κ3) is 7.82. The molecule has 3 heterocycles. The lowest BCUT2D eigenvalue weighted by atomic mass is 9.93. The van der Waals surface area contributed by atoms with E-state index in [1.54, 1.807) is 7.11 Å². The standard InChI is InChI=1S/C41H54N2O5Si/c1-29-37(23-16-30-14-17-33(18-15-30)42-24-10-6-5-7-13-39(42)45)48-38(41(29)49(3,4)36-21-19-35(47-2)20-22-36)26-40(46)43-27-32-12-9-8-11-31(32)25-34(43)28-44/h8-9,11-12,14-15,17-22,29,34,37-38,41,44H,5-7,10,13,16,23-28H2,1-4H3/t29-,34+,37+,38-,41+/m1/s1. The molecule has 49 heavy (non-hydrogen) atoms. The van der Waals surface area contributed by atoms with Crippen LogP contribution in [0.3, 0.4) is 0 Å². The number of aliphatic hydroxyl groups excluding tert-OH is 1. The van der Waals surface area contributed by atoms with Crippen LogP contribution in [0.2, 0.25) is 18.6 Å². The van der Waals surface area contributed by atoms with E-state index in [4.69, 9.17) is 9.47 Å². The summed E-state index contributed by atoms with van der Waals surface area (Å²) in [5.41, 5.74) is 4.84. The molecule has 0 radical (unpaired) electrons. The molecule has 3 aliphatic heterocycles. The number of anilines is 1. The number of benzene rings is 3. The Labute approximate surface area is 293 Å². The summed E-state index contributed by atoms with van der Waals surface area (Å²) in [5, 5.41) is 11.6. The minimum atomic E-state index is -2.14. The van der Waals surface area contributed by atoms with Crippen LogP contribution in [0.4, 0.5) is 5.69 Å². The fraction of sp³-hybridized carbons (Fsp3) is 0.512.